The number of hydrogen-bond donors (Lipinski definition) is 1. The van der Waals surface area contributed by atoms with Crippen molar-refractivity contribution in [2.75, 3.05) is 6.54 Å². The monoisotopic (exact) mass is 295 g/mol. The van der Waals surface area contributed by atoms with Crippen LogP contribution in [0, 0.1) is 6.92 Å². The highest BCUT2D eigenvalue weighted by atomic mass is 79.9. The van der Waals surface area contributed by atoms with Gasteiger partial charge in [-0.2, -0.15) is 13.2 Å². The molecule has 0 aliphatic carbocycles. The van der Waals surface area contributed by atoms with Crippen molar-refractivity contribution in [1.82, 2.24) is 5.32 Å². The summed E-state index contributed by atoms with van der Waals surface area (Å²) >= 11 is 3.34. The second-order valence-electron chi connectivity index (χ2n) is 3.61. The maximum Gasteiger partial charge on any atom is 0.390 e. The van der Waals surface area contributed by atoms with Gasteiger partial charge in [0, 0.05) is 17.6 Å². The number of halogens is 4. The van der Waals surface area contributed by atoms with E-state index in [1.165, 1.54) is 0 Å². The molecule has 5 heteroatoms. The predicted molar refractivity (Wildman–Crippen MR) is 61.3 cm³/mol. The number of aryl methyl sites for hydroxylation is 1. The summed E-state index contributed by atoms with van der Waals surface area (Å²) < 4.78 is 36.6. The van der Waals surface area contributed by atoms with Crippen molar-refractivity contribution in [3.8, 4) is 0 Å². The van der Waals surface area contributed by atoms with Crippen LogP contribution < -0.4 is 5.32 Å². The zero-order valence-electron chi connectivity index (χ0n) is 8.87. The fraction of sp³-hybridized carbons (Fsp3) is 0.455. The molecule has 0 spiro atoms. The molecule has 0 fully saturated rings. The average Bonchev–Trinajstić information content (AvgIpc) is 2.13. The molecule has 0 atom stereocenters. The minimum atomic E-state index is -4.08. The van der Waals surface area contributed by atoms with Gasteiger partial charge in [0.25, 0.3) is 0 Å². The van der Waals surface area contributed by atoms with Crippen LogP contribution in [0.2, 0.25) is 0 Å². The summed E-state index contributed by atoms with van der Waals surface area (Å²) in [6, 6.07) is 5.73. The molecule has 0 heterocycles. The smallest absolute Gasteiger partial charge is 0.312 e. The molecular formula is C11H13BrF3N. The van der Waals surface area contributed by atoms with Gasteiger partial charge in [0.05, 0.1) is 6.42 Å². The van der Waals surface area contributed by atoms with Crippen molar-refractivity contribution in [1.29, 1.82) is 0 Å². The van der Waals surface area contributed by atoms with Gasteiger partial charge in [-0.25, -0.2) is 0 Å². The van der Waals surface area contributed by atoms with Gasteiger partial charge < -0.3 is 5.32 Å². The number of benzene rings is 1. The number of hydrogen-bond acceptors (Lipinski definition) is 1. The first-order valence-corrected chi connectivity index (χ1v) is 5.70. The summed E-state index contributed by atoms with van der Waals surface area (Å²) in [6.45, 7) is 2.36. The topological polar surface area (TPSA) is 12.0 Å². The van der Waals surface area contributed by atoms with Crippen molar-refractivity contribution in [2.24, 2.45) is 0 Å². The van der Waals surface area contributed by atoms with Crippen molar-refractivity contribution in [3.63, 3.8) is 0 Å². The van der Waals surface area contributed by atoms with Crippen LogP contribution in [0.3, 0.4) is 0 Å². The SMILES string of the molecule is Cc1cc(Br)ccc1CNCCC(F)(F)F. The highest BCUT2D eigenvalue weighted by Crippen LogP contribution is 2.19. The lowest BCUT2D eigenvalue weighted by atomic mass is 10.1. The molecule has 0 aliphatic rings. The molecule has 0 saturated carbocycles. The Morgan fingerprint density at radius 2 is 2.00 bits per heavy atom. The third-order valence-corrected chi connectivity index (χ3v) is 2.70. The summed E-state index contributed by atoms with van der Waals surface area (Å²) in [5, 5.41) is 2.78. The third kappa shape index (κ3) is 4.99. The first-order valence-electron chi connectivity index (χ1n) is 4.91. The summed E-state index contributed by atoms with van der Waals surface area (Å²) in [6.07, 6.45) is -4.87. The van der Waals surface area contributed by atoms with Crippen LogP contribution in [-0.2, 0) is 6.54 Å². The summed E-state index contributed by atoms with van der Waals surface area (Å²) in [5.41, 5.74) is 2.08. The molecule has 1 aromatic carbocycles. The Labute approximate surface area is 101 Å². The lowest BCUT2D eigenvalue weighted by molar-refractivity contribution is -0.133. The molecule has 0 aromatic heterocycles. The summed E-state index contributed by atoms with van der Waals surface area (Å²) in [4.78, 5) is 0. The van der Waals surface area contributed by atoms with Gasteiger partial charge in [0.15, 0.2) is 0 Å². The Morgan fingerprint density at radius 1 is 1.31 bits per heavy atom. The zero-order chi connectivity index (χ0) is 12.2. The molecule has 0 saturated heterocycles. The molecule has 0 aliphatic heterocycles. The number of alkyl halides is 3. The van der Waals surface area contributed by atoms with Gasteiger partial charge in [-0.05, 0) is 30.2 Å². The molecule has 90 valence electrons. The normalized spacial score (nSPS) is 11.8. The molecule has 16 heavy (non-hydrogen) atoms. The Hall–Kier alpha value is -0.550. The molecule has 1 rings (SSSR count). The Kier molecular flexibility index (Phi) is 4.80. The van der Waals surface area contributed by atoms with Crippen molar-refractivity contribution in [3.05, 3.63) is 33.8 Å². The van der Waals surface area contributed by atoms with E-state index in [-0.39, 0.29) is 6.54 Å². The molecule has 1 nitrogen and oxygen atoms in total. The van der Waals surface area contributed by atoms with Crippen LogP contribution in [0.1, 0.15) is 17.5 Å². The fourth-order valence-electron chi connectivity index (χ4n) is 1.31. The van der Waals surface area contributed by atoms with Crippen LogP contribution >= 0.6 is 15.9 Å². The minimum absolute atomic E-state index is 0.0427. The lowest BCUT2D eigenvalue weighted by Gasteiger charge is -2.09. The van der Waals surface area contributed by atoms with E-state index in [0.29, 0.717) is 6.54 Å². The highest BCUT2D eigenvalue weighted by Gasteiger charge is 2.25. The number of rotatable bonds is 4. The molecule has 0 amide bonds. The van der Waals surface area contributed by atoms with Crippen LogP contribution in [0.25, 0.3) is 0 Å². The average molecular weight is 296 g/mol. The van der Waals surface area contributed by atoms with Gasteiger partial charge in [-0.1, -0.05) is 22.0 Å². The second-order valence-corrected chi connectivity index (χ2v) is 4.53. The van der Waals surface area contributed by atoms with Gasteiger partial charge in [-0.15, -0.1) is 0 Å². The maximum atomic E-state index is 11.9. The van der Waals surface area contributed by atoms with E-state index in [2.05, 4.69) is 21.2 Å². The Morgan fingerprint density at radius 3 is 2.56 bits per heavy atom. The van der Waals surface area contributed by atoms with E-state index in [4.69, 9.17) is 0 Å². The van der Waals surface area contributed by atoms with E-state index in [9.17, 15) is 13.2 Å². The van der Waals surface area contributed by atoms with E-state index < -0.39 is 12.6 Å². The van der Waals surface area contributed by atoms with Crippen molar-refractivity contribution >= 4 is 15.9 Å². The van der Waals surface area contributed by atoms with Gasteiger partial charge in [-0.3, -0.25) is 0 Å². The van der Waals surface area contributed by atoms with E-state index in [1.54, 1.807) is 0 Å². The predicted octanol–water partition coefficient (Wildman–Crippen LogP) is 3.80. The summed E-state index contributed by atoms with van der Waals surface area (Å²) in [7, 11) is 0. The molecule has 0 bridgehead atoms. The summed E-state index contributed by atoms with van der Waals surface area (Å²) in [5.74, 6) is 0. The Bertz CT molecular complexity index is 350. The van der Waals surface area contributed by atoms with Crippen molar-refractivity contribution in [2.45, 2.75) is 26.1 Å². The van der Waals surface area contributed by atoms with Crippen LogP contribution in [0.4, 0.5) is 13.2 Å². The van der Waals surface area contributed by atoms with Gasteiger partial charge in [0.1, 0.15) is 0 Å². The van der Waals surface area contributed by atoms with E-state index >= 15 is 0 Å². The molecular weight excluding hydrogens is 283 g/mol. The van der Waals surface area contributed by atoms with Gasteiger partial charge in [0.2, 0.25) is 0 Å². The maximum absolute atomic E-state index is 11.9. The second kappa shape index (κ2) is 5.68. The molecule has 1 aromatic rings. The van der Waals surface area contributed by atoms with Crippen LogP contribution in [0.5, 0.6) is 0 Å². The van der Waals surface area contributed by atoms with Crippen molar-refractivity contribution < 1.29 is 13.2 Å². The molecule has 0 radical (unpaired) electrons. The quantitative estimate of drug-likeness (QED) is 0.833. The highest BCUT2D eigenvalue weighted by molar-refractivity contribution is 9.10. The van der Waals surface area contributed by atoms with Crippen LogP contribution in [0.15, 0.2) is 22.7 Å². The largest absolute Gasteiger partial charge is 0.390 e. The van der Waals surface area contributed by atoms with E-state index in [1.807, 2.05) is 25.1 Å². The van der Waals surface area contributed by atoms with E-state index in [0.717, 1.165) is 15.6 Å². The molecule has 0 unspecified atom stereocenters. The van der Waals surface area contributed by atoms with Gasteiger partial charge >= 0.3 is 6.18 Å². The Balaban J connectivity index is 2.38. The first kappa shape index (κ1) is 13.5. The lowest BCUT2D eigenvalue weighted by Crippen LogP contribution is -2.21. The van der Waals surface area contributed by atoms with Crippen LogP contribution in [-0.4, -0.2) is 12.7 Å². The standard InChI is InChI=1S/C11H13BrF3N/c1-8-6-10(12)3-2-9(8)7-16-5-4-11(13,14)15/h2-3,6,16H,4-5,7H2,1H3. The zero-order valence-corrected chi connectivity index (χ0v) is 10.5. The fourth-order valence-corrected chi connectivity index (χ4v) is 1.79. The first-order chi connectivity index (χ1) is 7.38. The minimum Gasteiger partial charge on any atom is -0.312 e. The molecule has 1 N–H and O–H groups in total. The number of nitrogens with one attached hydrogen (secondary N) is 1. The third-order valence-electron chi connectivity index (χ3n) is 2.21.